The van der Waals surface area contributed by atoms with Gasteiger partial charge in [0.15, 0.2) is 0 Å². The number of hydrogen-bond donors (Lipinski definition) is 1. The molecule has 130 valence electrons. The van der Waals surface area contributed by atoms with Crippen molar-refractivity contribution in [2.24, 2.45) is 23.2 Å². The summed E-state index contributed by atoms with van der Waals surface area (Å²) in [4.78, 5) is 0. The van der Waals surface area contributed by atoms with Crippen molar-refractivity contribution in [1.29, 1.82) is 0 Å². The van der Waals surface area contributed by atoms with Gasteiger partial charge in [-0.15, -0.1) is 0 Å². The van der Waals surface area contributed by atoms with Crippen LogP contribution in [0.3, 0.4) is 0 Å². The van der Waals surface area contributed by atoms with Gasteiger partial charge in [-0.05, 0) is 68.1 Å². The third kappa shape index (κ3) is 4.81. The first-order valence-corrected chi connectivity index (χ1v) is 8.90. The van der Waals surface area contributed by atoms with Gasteiger partial charge in [0, 0.05) is 6.61 Å². The molecule has 22 heavy (non-hydrogen) atoms. The molecule has 0 aliphatic heterocycles. The molecule has 4 heteroatoms. The van der Waals surface area contributed by atoms with Gasteiger partial charge >= 0.3 is 0 Å². The highest BCUT2D eigenvalue weighted by Crippen LogP contribution is 2.61. The minimum Gasteiger partial charge on any atom is -1.00 e. The Hall–Kier alpha value is 0.610. The average molecular weight is 423 g/mol. The molecule has 0 radical (unpaired) electrons. The molecule has 4 aliphatic carbocycles. The third-order valence-electron chi connectivity index (χ3n) is 6.01. The summed E-state index contributed by atoms with van der Waals surface area (Å²) in [6.07, 6.45) is 9.83. The number of nitrogens with zero attached hydrogens (tertiary/aromatic N) is 1. The summed E-state index contributed by atoms with van der Waals surface area (Å²) in [5.41, 5.74) is 0.611. The standard InChI is InChI=1S/C18H34NO2.HI/c1-19(2,3)12-17(20)13-21-5-4-18-9-14-6-15(10-18)8-16(7-14)11-18;/h14-17,20H,4-13H2,1-3H3;1H/q+1;/p-1. The molecule has 1 N–H and O–H groups in total. The second kappa shape index (κ2) is 7.24. The maximum atomic E-state index is 10.0. The molecular weight excluding hydrogens is 389 g/mol. The molecule has 4 rings (SSSR count). The van der Waals surface area contributed by atoms with Crippen LogP contribution in [0, 0.1) is 23.2 Å². The zero-order valence-electron chi connectivity index (χ0n) is 14.6. The zero-order valence-corrected chi connectivity index (χ0v) is 16.7. The molecule has 0 amide bonds. The Kier molecular flexibility index (Phi) is 6.23. The summed E-state index contributed by atoms with van der Waals surface area (Å²) in [6.45, 7) is 2.11. The number of rotatable bonds is 7. The lowest BCUT2D eigenvalue weighted by atomic mass is 9.49. The van der Waals surface area contributed by atoms with Crippen molar-refractivity contribution in [2.45, 2.75) is 51.0 Å². The van der Waals surface area contributed by atoms with E-state index in [4.69, 9.17) is 4.74 Å². The Labute approximate surface area is 153 Å². The Bertz CT molecular complexity index is 331. The lowest BCUT2D eigenvalue weighted by molar-refractivity contribution is -0.873. The van der Waals surface area contributed by atoms with Crippen LogP contribution in [0.15, 0.2) is 0 Å². The average Bonchev–Trinajstić information content (AvgIpc) is 2.31. The highest BCUT2D eigenvalue weighted by atomic mass is 127. The van der Waals surface area contributed by atoms with E-state index in [1.165, 1.54) is 44.9 Å². The lowest BCUT2D eigenvalue weighted by Gasteiger charge is -2.57. The van der Waals surface area contributed by atoms with Gasteiger partial charge in [-0.2, -0.15) is 0 Å². The summed E-state index contributed by atoms with van der Waals surface area (Å²) in [6, 6.07) is 0. The van der Waals surface area contributed by atoms with E-state index in [-0.39, 0.29) is 30.1 Å². The van der Waals surface area contributed by atoms with Gasteiger partial charge in [0.1, 0.15) is 12.6 Å². The lowest BCUT2D eigenvalue weighted by Crippen LogP contribution is -3.00. The summed E-state index contributed by atoms with van der Waals surface area (Å²) in [5.74, 6) is 3.08. The normalized spacial score (nSPS) is 37.9. The van der Waals surface area contributed by atoms with Crippen LogP contribution in [0.2, 0.25) is 0 Å². The molecule has 0 heterocycles. The van der Waals surface area contributed by atoms with Gasteiger partial charge in [0.2, 0.25) is 0 Å². The van der Waals surface area contributed by atoms with E-state index in [0.717, 1.165) is 35.4 Å². The predicted molar refractivity (Wildman–Crippen MR) is 84.9 cm³/mol. The quantitative estimate of drug-likeness (QED) is 0.346. The van der Waals surface area contributed by atoms with E-state index in [9.17, 15) is 5.11 Å². The van der Waals surface area contributed by atoms with Crippen LogP contribution in [0.1, 0.15) is 44.9 Å². The van der Waals surface area contributed by atoms with Gasteiger partial charge in [0.25, 0.3) is 0 Å². The Balaban J connectivity index is 0.00000176. The molecule has 0 aromatic rings. The monoisotopic (exact) mass is 423 g/mol. The second-order valence-corrected chi connectivity index (χ2v) is 9.37. The van der Waals surface area contributed by atoms with Crippen molar-refractivity contribution < 1.29 is 38.3 Å². The van der Waals surface area contributed by atoms with Gasteiger partial charge in [0.05, 0.1) is 27.7 Å². The molecule has 0 saturated heterocycles. The van der Waals surface area contributed by atoms with Gasteiger partial charge in [-0.3, -0.25) is 0 Å². The molecule has 4 saturated carbocycles. The van der Waals surface area contributed by atoms with Crippen molar-refractivity contribution in [2.75, 3.05) is 40.9 Å². The first-order chi connectivity index (χ1) is 9.84. The minimum absolute atomic E-state index is 0. The van der Waals surface area contributed by atoms with Crippen LogP contribution >= 0.6 is 0 Å². The van der Waals surface area contributed by atoms with Crippen LogP contribution in [0.25, 0.3) is 0 Å². The van der Waals surface area contributed by atoms with Crippen LogP contribution in [0.5, 0.6) is 0 Å². The molecule has 0 aromatic carbocycles. The molecule has 0 spiro atoms. The number of halogens is 1. The number of aliphatic hydroxyl groups excluding tert-OH is 1. The van der Waals surface area contributed by atoms with E-state index < -0.39 is 0 Å². The van der Waals surface area contributed by atoms with E-state index in [0.29, 0.717) is 12.0 Å². The fourth-order valence-electron chi connectivity index (χ4n) is 5.79. The van der Waals surface area contributed by atoms with E-state index in [2.05, 4.69) is 21.1 Å². The second-order valence-electron chi connectivity index (χ2n) is 9.37. The molecule has 4 bridgehead atoms. The Morgan fingerprint density at radius 1 is 1.05 bits per heavy atom. The number of likely N-dealkylation sites (N-methyl/N-ethyl adjacent to an activating group) is 1. The summed E-state index contributed by atoms with van der Waals surface area (Å²) >= 11 is 0. The number of ether oxygens (including phenoxy) is 1. The SMILES string of the molecule is C[N+](C)(C)CC(O)COCCC12CC3CC(CC(C3)C1)C2.[I-]. The van der Waals surface area contributed by atoms with Gasteiger partial charge < -0.3 is 38.3 Å². The zero-order chi connectivity index (χ0) is 15.1. The first kappa shape index (κ1) is 18.9. The number of hydrogen-bond acceptors (Lipinski definition) is 2. The summed E-state index contributed by atoms with van der Waals surface area (Å²) in [7, 11) is 6.33. The fraction of sp³-hybridized carbons (Fsp3) is 1.00. The van der Waals surface area contributed by atoms with Crippen molar-refractivity contribution in [3.05, 3.63) is 0 Å². The van der Waals surface area contributed by atoms with Crippen molar-refractivity contribution >= 4 is 0 Å². The van der Waals surface area contributed by atoms with Crippen LogP contribution in [-0.4, -0.2) is 56.6 Å². The van der Waals surface area contributed by atoms with Gasteiger partial charge in [-0.25, -0.2) is 0 Å². The third-order valence-corrected chi connectivity index (χ3v) is 6.01. The van der Waals surface area contributed by atoms with E-state index >= 15 is 0 Å². The van der Waals surface area contributed by atoms with Crippen molar-refractivity contribution in [1.82, 2.24) is 0 Å². The highest BCUT2D eigenvalue weighted by molar-refractivity contribution is 5.01. The Morgan fingerprint density at radius 3 is 2.00 bits per heavy atom. The largest absolute Gasteiger partial charge is 1.00 e. The first-order valence-electron chi connectivity index (χ1n) is 8.90. The van der Waals surface area contributed by atoms with Crippen molar-refractivity contribution in [3.8, 4) is 0 Å². The number of quaternary nitrogens is 1. The molecule has 4 fully saturated rings. The van der Waals surface area contributed by atoms with Crippen LogP contribution in [-0.2, 0) is 4.74 Å². The minimum atomic E-state index is -0.332. The summed E-state index contributed by atoms with van der Waals surface area (Å²) < 4.78 is 6.61. The van der Waals surface area contributed by atoms with Gasteiger partial charge in [-0.1, -0.05) is 0 Å². The molecule has 0 aromatic heterocycles. The fourth-order valence-corrected chi connectivity index (χ4v) is 5.79. The molecular formula is C18H34INO2. The maximum Gasteiger partial charge on any atom is 0.126 e. The van der Waals surface area contributed by atoms with Crippen LogP contribution < -0.4 is 24.0 Å². The highest BCUT2D eigenvalue weighted by Gasteiger charge is 2.50. The number of aliphatic hydroxyl groups is 1. The van der Waals surface area contributed by atoms with E-state index in [1.807, 2.05) is 0 Å². The van der Waals surface area contributed by atoms with Crippen molar-refractivity contribution in [3.63, 3.8) is 0 Å². The maximum absolute atomic E-state index is 10.0. The van der Waals surface area contributed by atoms with Crippen LogP contribution in [0.4, 0.5) is 0 Å². The topological polar surface area (TPSA) is 29.5 Å². The predicted octanol–water partition coefficient (Wildman–Crippen LogP) is -0.319. The molecule has 4 aliphatic rings. The molecule has 3 nitrogen and oxygen atoms in total. The Morgan fingerprint density at radius 2 is 1.55 bits per heavy atom. The molecule has 1 atom stereocenters. The smallest absolute Gasteiger partial charge is 0.126 e. The summed E-state index contributed by atoms with van der Waals surface area (Å²) in [5, 5.41) is 10.0. The van der Waals surface area contributed by atoms with E-state index in [1.54, 1.807) is 0 Å². The molecule has 1 unspecified atom stereocenters.